The fourth-order valence-electron chi connectivity index (χ4n) is 3.11. The zero-order chi connectivity index (χ0) is 20.5. The number of para-hydroxylation sites is 1. The normalized spacial score (nSPS) is 11.0. The highest BCUT2D eigenvalue weighted by molar-refractivity contribution is 7.21. The van der Waals surface area contributed by atoms with E-state index in [-0.39, 0.29) is 11.7 Å². The Balaban J connectivity index is 1.31. The quantitative estimate of drug-likeness (QED) is 0.330. The lowest BCUT2D eigenvalue weighted by Crippen LogP contribution is -2.10. The van der Waals surface area contributed by atoms with Crippen LogP contribution in [0.2, 0.25) is 5.02 Å². The minimum atomic E-state index is -0.303. The Labute approximate surface area is 181 Å². The van der Waals surface area contributed by atoms with Crippen molar-refractivity contribution in [2.24, 2.45) is 0 Å². The topological polar surface area (TPSA) is 55.1 Å². The summed E-state index contributed by atoms with van der Waals surface area (Å²) < 4.78 is 6.86. The Kier molecular flexibility index (Phi) is 4.83. The summed E-state index contributed by atoms with van der Waals surface area (Å²) in [7, 11) is 0. The van der Waals surface area contributed by atoms with Crippen LogP contribution in [-0.2, 0) is 0 Å². The average Bonchev–Trinajstić information content (AvgIpc) is 3.42. The second kappa shape index (κ2) is 7.78. The molecule has 0 saturated heterocycles. The zero-order valence-corrected chi connectivity index (χ0v) is 17.2. The second-order valence-electron chi connectivity index (χ2n) is 6.69. The molecule has 4 nitrogen and oxygen atoms in total. The molecule has 5 aromatic rings. The van der Waals surface area contributed by atoms with Gasteiger partial charge in [0.25, 0.3) is 5.91 Å². The highest BCUT2D eigenvalue weighted by Gasteiger charge is 2.13. The van der Waals surface area contributed by atoms with Crippen LogP contribution in [0.1, 0.15) is 10.6 Å². The van der Waals surface area contributed by atoms with Crippen molar-refractivity contribution in [3.63, 3.8) is 0 Å². The number of anilines is 1. The molecule has 2 heterocycles. The van der Waals surface area contributed by atoms with Crippen molar-refractivity contribution >= 4 is 44.7 Å². The molecule has 0 atom stereocenters. The Morgan fingerprint density at radius 3 is 2.37 bits per heavy atom. The van der Waals surface area contributed by atoms with Crippen LogP contribution >= 0.6 is 22.9 Å². The van der Waals surface area contributed by atoms with Crippen LogP contribution in [-0.4, -0.2) is 10.9 Å². The van der Waals surface area contributed by atoms with Crippen LogP contribution in [0.4, 0.5) is 5.69 Å². The maximum absolute atomic E-state index is 12.5. The highest BCUT2D eigenvalue weighted by Crippen LogP contribution is 2.31. The smallest absolute Gasteiger partial charge is 0.291 e. The van der Waals surface area contributed by atoms with E-state index < -0.39 is 0 Å². The molecule has 0 spiro atoms. The fraction of sp³-hybridized carbons (Fsp3) is 0. The number of rotatable bonds is 4. The maximum atomic E-state index is 12.5. The van der Waals surface area contributed by atoms with Crippen molar-refractivity contribution in [1.82, 2.24) is 4.98 Å². The number of carbonyl (C=O) groups is 1. The third-order valence-electron chi connectivity index (χ3n) is 4.64. The molecular formula is C24H15ClN2O2S. The van der Waals surface area contributed by atoms with Crippen molar-refractivity contribution in [3.05, 3.63) is 95.7 Å². The predicted molar refractivity (Wildman–Crippen MR) is 122 cm³/mol. The van der Waals surface area contributed by atoms with Gasteiger partial charge >= 0.3 is 0 Å². The van der Waals surface area contributed by atoms with Gasteiger partial charge in [-0.3, -0.25) is 4.79 Å². The number of benzene rings is 3. The standard InChI is InChI=1S/C24H15ClN2O2S/c25-17-9-5-15(6-10-17)20-13-14-21(29-20)23(28)26-18-11-7-16(8-12-18)24-27-19-3-1-2-4-22(19)30-24/h1-14H,(H,26,28). The van der Waals surface area contributed by atoms with Gasteiger partial charge in [0, 0.05) is 21.8 Å². The van der Waals surface area contributed by atoms with Gasteiger partial charge in [-0.25, -0.2) is 4.98 Å². The van der Waals surface area contributed by atoms with Gasteiger partial charge in [-0.05, 0) is 72.8 Å². The minimum absolute atomic E-state index is 0.246. The summed E-state index contributed by atoms with van der Waals surface area (Å²) in [4.78, 5) is 17.2. The third kappa shape index (κ3) is 3.73. The molecule has 30 heavy (non-hydrogen) atoms. The molecule has 5 rings (SSSR count). The van der Waals surface area contributed by atoms with Crippen LogP contribution in [0, 0.1) is 0 Å². The van der Waals surface area contributed by atoms with Crippen molar-refractivity contribution in [2.45, 2.75) is 0 Å². The van der Waals surface area contributed by atoms with E-state index in [1.807, 2.05) is 54.6 Å². The van der Waals surface area contributed by atoms with Crippen LogP contribution in [0.3, 0.4) is 0 Å². The molecule has 1 amide bonds. The number of carbonyl (C=O) groups excluding carboxylic acids is 1. The Bertz CT molecular complexity index is 1300. The fourth-order valence-corrected chi connectivity index (χ4v) is 4.21. The molecule has 3 aromatic carbocycles. The Hall–Kier alpha value is -3.41. The van der Waals surface area contributed by atoms with Crippen molar-refractivity contribution in [1.29, 1.82) is 0 Å². The lowest BCUT2D eigenvalue weighted by atomic mass is 10.2. The number of nitrogens with one attached hydrogen (secondary N) is 1. The average molecular weight is 431 g/mol. The zero-order valence-electron chi connectivity index (χ0n) is 15.6. The summed E-state index contributed by atoms with van der Waals surface area (Å²) in [5.74, 6) is 0.557. The first kappa shape index (κ1) is 18.6. The summed E-state index contributed by atoms with van der Waals surface area (Å²) >= 11 is 7.56. The molecule has 0 aliphatic heterocycles. The lowest BCUT2D eigenvalue weighted by molar-refractivity contribution is 0.0997. The van der Waals surface area contributed by atoms with Crippen molar-refractivity contribution < 1.29 is 9.21 Å². The summed E-state index contributed by atoms with van der Waals surface area (Å²) in [6.07, 6.45) is 0. The van der Waals surface area contributed by atoms with Crippen molar-refractivity contribution in [3.8, 4) is 21.9 Å². The van der Waals surface area contributed by atoms with Gasteiger partial charge in [-0.15, -0.1) is 11.3 Å². The van der Waals surface area contributed by atoms with Crippen LogP contribution in [0.25, 0.3) is 32.1 Å². The summed E-state index contributed by atoms with van der Waals surface area (Å²) in [5.41, 5.74) is 3.55. The van der Waals surface area contributed by atoms with E-state index in [1.165, 1.54) is 0 Å². The van der Waals surface area contributed by atoms with E-state index >= 15 is 0 Å². The third-order valence-corrected chi connectivity index (χ3v) is 5.98. The molecule has 6 heteroatoms. The van der Waals surface area contributed by atoms with Crippen molar-refractivity contribution in [2.75, 3.05) is 5.32 Å². The lowest BCUT2D eigenvalue weighted by Gasteiger charge is -2.04. The number of amides is 1. The van der Waals surface area contributed by atoms with E-state index in [9.17, 15) is 4.79 Å². The number of furan rings is 1. The van der Waals surface area contributed by atoms with Gasteiger partial charge in [-0.2, -0.15) is 0 Å². The number of nitrogens with zero attached hydrogens (tertiary/aromatic N) is 1. The summed E-state index contributed by atoms with van der Waals surface area (Å²) in [6, 6.07) is 26.4. The minimum Gasteiger partial charge on any atom is -0.451 e. The van der Waals surface area contributed by atoms with Crippen LogP contribution in [0.15, 0.2) is 89.3 Å². The van der Waals surface area contributed by atoms with E-state index in [1.54, 1.807) is 35.6 Å². The Morgan fingerprint density at radius 1 is 0.867 bits per heavy atom. The SMILES string of the molecule is O=C(Nc1ccc(-c2nc3ccccc3s2)cc1)c1ccc(-c2ccc(Cl)cc2)o1. The van der Waals surface area contributed by atoms with Crippen LogP contribution in [0.5, 0.6) is 0 Å². The molecule has 0 fully saturated rings. The molecule has 0 aliphatic rings. The van der Waals surface area contributed by atoms with Gasteiger partial charge in [0.2, 0.25) is 0 Å². The number of aromatic nitrogens is 1. The van der Waals surface area contributed by atoms with E-state index in [0.717, 1.165) is 26.4 Å². The first-order valence-corrected chi connectivity index (χ1v) is 10.5. The van der Waals surface area contributed by atoms with E-state index in [0.29, 0.717) is 16.5 Å². The first-order valence-electron chi connectivity index (χ1n) is 9.29. The number of fused-ring (bicyclic) bond motifs is 1. The monoisotopic (exact) mass is 430 g/mol. The molecule has 0 radical (unpaired) electrons. The van der Waals surface area contributed by atoms with Gasteiger partial charge in [0.05, 0.1) is 10.2 Å². The van der Waals surface area contributed by atoms with Crippen LogP contribution < -0.4 is 5.32 Å². The first-order chi connectivity index (χ1) is 14.7. The number of hydrogen-bond acceptors (Lipinski definition) is 4. The van der Waals surface area contributed by atoms with Gasteiger partial charge in [0.15, 0.2) is 5.76 Å². The van der Waals surface area contributed by atoms with Gasteiger partial charge in [-0.1, -0.05) is 23.7 Å². The highest BCUT2D eigenvalue weighted by atomic mass is 35.5. The molecular weight excluding hydrogens is 416 g/mol. The summed E-state index contributed by atoms with van der Waals surface area (Å²) in [6.45, 7) is 0. The molecule has 146 valence electrons. The molecule has 0 unspecified atom stereocenters. The molecule has 2 aromatic heterocycles. The molecule has 1 N–H and O–H groups in total. The summed E-state index contributed by atoms with van der Waals surface area (Å²) in [5, 5.41) is 4.47. The Morgan fingerprint density at radius 2 is 1.60 bits per heavy atom. The molecule has 0 aliphatic carbocycles. The molecule has 0 bridgehead atoms. The van der Waals surface area contributed by atoms with Gasteiger partial charge in [0.1, 0.15) is 10.8 Å². The number of hydrogen-bond donors (Lipinski definition) is 1. The van der Waals surface area contributed by atoms with Gasteiger partial charge < -0.3 is 9.73 Å². The van der Waals surface area contributed by atoms with E-state index in [4.69, 9.17) is 16.0 Å². The van der Waals surface area contributed by atoms with E-state index in [2.05, 4.69) is 16.4 Å². The predicted octanol–water partition coefficient (Wildman–Crippen LogP) is 7.13. The number of thiazole rings is 1. The largest absolute Gasteiger partial charge is 0.451 e. The maximum Gasteiger partial charge on any atom is 0.291 e. The number of halogens is 1. The molecule has 0 saturated carbocycles. The second-order valence-corrected chi connectivity index (χ2v) is 8.16.